The first-order valence-electron chi connectivity index (χ1n) is 7.06. The fourth-order valence-corrected chi connectivity index (χ4v) is 3.51. The Hall–Kier alpha value is -2.34. The lowest BCUT2D eigenvalue weighted by Gasteiger charge is -2.08. The highest BCUT2D eigenvalue weighted by Crippen LogP contribution is 2.31. The van der Waals surface area contributed by atoms with Crippen molar-refractivity contribution in [3.05, 3.63) is 46.7 Å². The van der Waals surface area contributed by atoms with E-state index in [1.807, 2.05) is 0 Å². The maximum Gasteiger partial charge on any atom is 0.220 e. The Kier molecular flexibility index (Phi) is 2.94. The summed E-state index contributed by atoms with van der Waals surface area (Å²) in [5.41, 5.74) is 5.52. The molecule has 0 aliphatic carbocycles. The smallest absolute Gasteiger partial charge is 0.220 e. The Balaban J connectivity index is 1.89. The molecule has 22 heavy (non-hydrogen) atoms. The fourth-order valence-electron chi connectivity index (χ4n) is 2.86. The first-order valence-corrected chi connectivity index (χ1v) is 7.79. The summed E-state index contributed by atoms with van der Waals surface area (Å²) < 4.78 is 14.3. The van der Waals surface area contributed by atoms with E-state index in [4.69, 9.17) is 4.42 Å². The zero-order valence-corrected chi connectivity index (χ0v) is 13.4. The minimum Gasteiger partial charge on any atom is -0.425 e. The molecule has 0 radical (unpaired) electrons. The molecule has 0 saturated heterocycles. The third-order valence-electron chi connectivity index (χ3n) is 4.01. The van der Waals surface area contributed by atoms with Gasteiger partial charge in [0.15, 0.2) is 0 Å². The molecule has 0 aliphatic rings. The van der Waals surface area contributed by atoms with E-state index in [-0.39, 0.29) is 0 Å². The Bertz CT molecular complexity index is 1000. The zero-order chi connectivity index (χ0) is 15.3. The van der Waals surface area contributed by atoms with Crippen LogP contribution in [-0.2, 0) is 6.42 Å². The summed E-state index contributed by atoms with van der Waals surface area (Å²) in [5.74, 6) is 1.24. The van der Waals surface area contributed by atoms with E-state index in [9.17, 15) is 0 Å². The first-order chi connectivity index (χ1) is 10.6. The summed E-state index contributed by atoms with van der Waals surface area (Å²) in [5, 5.41) is 10.4. The number of hydrogen-bond acceptors (Lipinski definition) is 6. The van der Waals surface area contributed by atoms with E-state index in [1.165, 1.54) is 33.6 Å². The number of aryl methyl sites for hydroxylation is 3. The van der Waals surface area contributed by atoms with Crippen LogP contribution in [-0.4, -0.2) is 18.9 Å². The van der Waals surface area contributed by atoms with E-state index in [0.717, 1.165) is 16.6 Å². The molecule has 110 valence electrons. The van der Waals surface area contributed by atoms with Gasteiger partial charge >= 0.3 is 0 Å². The van der Waals surface area contributed by atoms with Crippen LogP contribution in [0.3, 0.4) is 0 Å². The summed E-state index contributed by atoms with van der Waals surface area (Å²) in [6.07, 6.45) is 0.641. The van der Waals surface area contributed by atoms with E-state index in [1.54, 1.807) is 6.92 Å². The third-order valence-corrected chi connectivity index (χ3v) is 4.54. The Labute approximate surface area is 131 Å². The minimum absolute atomic E-state index is 0.595. The van der Waals surface area contributed by atoms with E-state index in [0.29, 0.717) is 18.2 Å². The average Bonchev–Trinajstić information content (AvgIpc) is 3.14. The molecule has 0 fully saturated rings. The minimum atomic E-state index is 0.595. The van der Waals surface area contributed by atoms with E-state index < -0.39 is 0 Å². The highest BCUT2D eigenvalue weighted by atomic mass is 32.1. The van der Waals surface area contributed by atoms with Crippen molar-refractivity contribution >= 4 is 33.5 Å². The second kappa shape index (κ2) is 4.84. The monoisotopic (exact) mass is 310 g/mol. The van der Waals surface area contributed by atoms with Gasteiger partial charge in [-0.05, 0) is 41.3 Å². The lowest BCUT2D eigenvalue weighted by molar-refractivity contribution is 0.477. The Morgan fingerprint density at radius 2 is 1.68 bits per heavy atom. The van der Waals surface area contributed by atoms with Crippen molar-refractivity contribution < 1.29 is 4.42 Å². The third kappa shape index (κ3) is 1.99. The SMILES string of the molecule is Cc1nnc(Cc2ccc3c(C)c4nsnc4c(C)c3c2)o1. The van der Waals surface area contributed by atoms with Crippen LogP contribution in [0.1, 0.15) is 28.5 Å². The molecule has 4 aromatic rings. The summed E-state index contributed by atoms with van der Waals surface area (Å²) in [4.78, 5) is 0. The summed E-state index contributed by atoms with van der Waals surface area (Å²) in [6, 6.07) is 6.45. The van der Waals surface area contributed by atoms with Crippen molar-refractivity contribution in [2.24, 2.45) is 0 Å². The van der Waals surface area contributed by atoms with Gasteiger partial charge in [-0.15, -0.1) is 10.2 Å². The van der Waals surface area contributed by atoms with Crippen molar-refractivity contribution in [2.45, 2.75) is 27.2 Å². The summed E-state index contributed by atoms with van der Waals surface area (Å²) >= 11 is 1.27. The van der Waals surface area contributed by atoms with Gasteiger partial charge in [-0.25, -0.2) is 0 Å². The summed E-state index contributed by atoms with van der Waals surface area (Å²) in [6.45, 7) is 6.01. The van der Waals surface area contributed by atoms with E-state index >= 15 is 0 Å². The fraction of sp³-hybridized carbons (Fsp3) is 0.250. The first kappa shape index (κ1) is 13.3. The molecule has 0 saturated carbocycles. The zero-order valence-electron chi connectivity index (χ0n) is 12.5. The van der Waals surface area contributed by atoms with Crippen molar-refractivity contribution in [3.63, 3.8) is 0 Å². The molecule has 2 heterocycles. The molecular weight excluding hydrogens is 296 g/mol. The van der Waals surface area contributed by atoms with Gasteiger partial charge in [0.1, 0.15) is 11.0 Å². The topological polar surface area (TPSA) is 64.7 Å². The van der Waals surface area contributed by atoms with Crippen molar-refractivity contribution in [1.82, 2.24) is 18.9 Å². The Morgan fingerprint density at radius 1 is 0.955 bits per heavy atom. The highest BCUT2D eigenvalue weighted by molar-refractivity contribution is 7.00. The molecule has 0 spiro atoms. The van der Waals surface area contributed by atoms with Crippen LogP contribution in [0.25, 0.3) is 21.8 Å². The van der Waals surface area contributed by atoms with Crippen LogP contribution in [0.2, 0.25) is 0 Å². The van der Waals surface area contributed by atoms with Gasteiger partial charge in [-0.1, -0.05) is 18.2 Å². The number of benzene rings is 2. The largest absolute Gasteiger partial charge is 0.425 e. The average molecular weight is 310 g/mol. The van der Waals surface area contributed by atoms with Crippen molar-refractivity contribution in [1.29, 1.82) is 0 Å². The molecule has 0 unspecified atom stereocenters. The molecule has 4 rings (SSSR count). The number of rotatable bonds is 2. The second-order valence-electron chi connectivity index (χ2n) is 5.48. The molecule has 0 amide bonds. The van der Waals surface area contributed by atoms with Crippen LogP contribution in [0.4, 0.5) is 0 Å². The van der Waals surface area contributed by atoms with Gasteiger partial charge in [0.25, 0.3) is 0 Å². The van der Waals surface area contributed by atoms with Crippen LogP contribution in [0.15, 0.2) is 22.6 Å². The highest BCUT2D eigenvalue weighted by Gasteiger charge is 2.13. The molecule has 0 N–H and O–H groups in total. The Morgan fingerprint density at radius 3 is 2.36 bits per heavy atom. The van der Waals surface area contributed by atoms with Crippen LogP contribution in [0, 0.1) is 20.8 Å². The van der Waals surface area contributed by atoms with Crippen molar-refractivity contribution in [3.8, 4) is 0 Å². The normalized spacial score (nSPS) is 11.6. The van der Waals surface area contributed by atoms with Gasteiger partial charge in [0.05, 0.1) is 18.1 Å². The van der Waals surface area contributed by atoms with E-state index in [2.05, 4.69) is 51.0 Å². The summed E-state index contributed by atoms with van der Waals surface area (Å²) in [7, 11) is 0. The number of fused-ring (bicyclic) bond motifs is 2. The standard InChI is InChI=1S/C16H14N4OS/c1-8-12-5-4-11(7-14-18-17-10(3)21-14)6-13(12)9(2)16-15(8)19-22-20-16/h4-6H,7H2,1-3H3. The molecule has 2 aromatic carbocycles. The quantitative estimate of drug-likeness (QED) is 0.564. The van der Waals surface area contributed by atoms with Gasteiger partial charge < -0.3 is 4.42 Å². The maximum absolute atomic E-state index is 5.47. The molecular formula is C16H14N4OS. The van der Waals surface area contributed by atoms with Crippen LogP contribution < -0.4 is 0 Å². The van der Waals surface area contributed by atoms with Gasteiger partial charge in [0.2, 0.25) is 11.8 Å². The maximum atomic E-state index is 5.47. The molecule has 0 aliphatic heterocycles. The lowest BCUT2D eigenvalue weighted by atomic mass is 9.96. The predicted molar refractivity (Wildman–Crippen MR) is 86.2 cm³/mol. The molecule has 2 aromatic heterocycles. The van der Waals surface area contributed by atoms with Crippen LogP contribution in [0.5, 0.6) is 0 Å². The lowest BCUT2D eigenvalue weighted by Crippen LogP contribution is -1.92. The van der Waals surface area contributed by atoms with Crippen molar-refractivity contribution in [2.75, 3.05) is 0 Å². The van der Waals surface area contributed by atoms with Gasteiger partial charge in [-0.3, -0.25) is 0 Å². The molecule has 6 heteroatoms. The molecule has 0 atom stereocenters. The number of nitrogens with zero attached hydrogens (tertiary/aromatic N) is 4. The van der Waals surface area contributed by atoms with Gasteiger partial charge in [-0.2, -0.15) is 8.75 Å². The second-order valence-corrected chi connectivity index (χ2v) is 6.01. The predicted octanol–water partition coefficient (Wildman–Crippen LogP) is 3.74. The number of aromatic nitrogens is 4. The number of hydrogen-bond donors (Lipinski definition) is 0. The van der Waals surface area contributed by atoms with Gasteiger partial charge in [0, 0.05) is 6.92 Å². The molecule has 0 bridgehead atoms. The van der Waals surface area contributed by atoms with Crippen LogP contribution >= 0.6 is 11.7 Å². The molecule has 5 nitrogen and oxygen atoms in total.